The number of methoxy groups -OCH3 is 1. The van der Waals surface area contributed by atoms with Gasteiger partial charge in [-0.25, -0.2) is 4.98 Å². The van der Waals surface area contributed by atoms with Gasteiger partial charge in [0.1, 0.15) is 18.8 Å². The quantitative estimate of drug-likeness (QED) is 0.704. The Morgan fingerprint density at radius 3 is 3.17 bits per heavy atom. The first kappa shape index (κ1) is 14.3. The molecule has 0 spiro atoms. The first-order valence-corrected chi connectivity index (χ1v) is 8.06. The van der Waals surface area contributed by atoms with Crippen LogP contribution in [0.5, 0.6) is 0 Å². The van der Waals surface area contributed by atoms with Crippen LogP contribution in [0.4, 0.5) is 10.9 Å². The molecule has 1 N–H and O–H groups in total. The number of anilines is 2. The van der Waals surface area contributed by atoms with Gasteiger partial charge in [-0.3, -0.25) is 0 Å². The van der Waals surface area contributed by atoms with E-state index < -0.39 is 0 Å². The average molecular weight is 332 g/mol. The zero-order chi connectivity index (χ0) is 15.6. The molecule has 3 aromatic heterocycles. The number of nitrogens with zero attached hydrogens (tertiary/aromatic N) is 7. The first-order valence-electron chi connectivity index (χ1n) is 7.29. The molecule has 10 heteroatoms. The SMILES string of the molecule is COCc1nsc(NCC2CN(c3ccc4nncn4n3)C2)n1. The van der Waals surface area contributed by atoms with Gasteiger partial charge in [-0.05, 0) is 12.1 Å². The van der Waals surface area contributed by atoms with Crippen molar-refractivity contribution in [2.45, 2.75) is 6.61 Å². The van der Waals surface area contributed by atoms with E-state index in [4.69, 9.17) is 4.74 Å². The van der Waals surface area contributed by atoms with Crippen molar-refractivity contribution in [1.29, 1.82) is 0 Å². The molecule has 0 radical (unpaired) electrons. The van der Waals surface area contributed by atoms with Crippen molar-refractivity contribution in [2.24, 2.45) is 5.92 Å². The molecule has 3 aromatic rings. The van der Waals surface area contributed by atoms with Crippen LogP contribution in [0.1, 0.15) is 5.82 Å². The van der Waals surface area contributed by atoms with Gasteiger partial charge in [0.05, 0.1) is 0 Å². The normalized spacial score (nSPS) is 15.1. The maximum Gasteiger partial charge on any atom is 0.202 e. The second-order valence-corrected chi connectivity index (χ2v) is 6.18. The molecule has 0 bridgehead atoms. The fourth-order valence-corrected chi connectivity index (χ4v) is 3.10. The molecule has 0 saturated carbocycles. The minimum absolute atomic E-state index is 0.451. The van der Waals surface area contributed by atoms with Gasteiger partial charge in [0, 0.05) is 44.2 Å². The van der Waals surface area contributed by atoms with E-state index in [1.807, 2.05) is 12.1 Å². The molecule has 1 aliphatic heterocycles. The molecule has 0 amide bonds. The fourth-order valence-electron chi connectivity index (χ4n) is 2.52. The highest BCUT2D eigenvalue weighted by Crippen LogP contribution is 2.23. The lowest BCUT2D eigenvalue weighted by Gasteiger charge is -2.40. The molecule has 4 heterocycles. The van der Waals surface area contributed by atoms with Gasteiger partial charge in [-0.15, -0.1) is 15.3 Å². The van der Waals surface area contributed by atoms with Gasteiger partial charge in [0.2, 0.25) is 5.13 Å². The molecule has 23 heavy (non-hydrogen) atoms. The molecule has 9 nitrogen and oxygen atoms in total. The Morgan fingerprint density at radius 2 is 2.30 bits per heavy atom. The summed E-state index contributed by atoms with van der Waals surface area (Å²) in [6, 6.07) is 3.91. The molecule has 1 fully saturated rings. The summed E-state index contributed by atoms with van der Waals surface area (Å²) in [6.45, 7) is 3.27. The van der Waals surface area contributed by atoms with E-state index in [1.165, 1.54) is 11.5 Å². The smallest absolute Gasteiger partial charge is 0.202 e. The van der Waals surface area contributed by atoms with Crippen molar-refractivity contribution in [3.05, 3.63) is 24.3 Å². The number of hydrogen-bond acceptors (Lipinski definition) is 9. The van der Waals surface area contributed by atoms with Crippen LogP contribution < -0.4 is 10.2 Å². The summed E-state index contributed by atoms with van der Waals surface area (Å²) >= 11 is 1.37. The van der Waals surface area contributed by atoms with Crippen LogP contribution in [0.2, 0.25) is 0 Å². The Bertz CT molecular complexity index is 796. The Labute approximate surface area is 136 Å². The van der Waals surface area contributed by atoms with Gasteiger partial charge in [0.15, 0.2) is 11.5 Å². The molecule has 0 aromatic carbocycles. The molecule has 1 aliphatic rings. The van der Waals surface area contributed by atoms with Gasteiger partial charge >= 0.3 is 0 Å². The summed E-state index contributed by atoms with van der Waals surface area (Å²) in [6.07, 6.45) is 1.62. The number of ether oxygens (including phenoxy) is 1. The molecule has 0 aliphatic carbocycles. The van der Waals surface area contributed by atoms with E-state index in [9.17, 15) is 0 Å². The van der Waals surface area contributed by atoms with E-state index in [0.29, 0.717) is 12.5 Å². The highest BCUT2D eigenvalue weighted by atomic mass is 32.1. The third-order valence-electron chi connectivity index (χ3n) is 3.71. The van der Waals surface area contributed by atoms with Crippen molar-refractivity contribution < 1.29 is 4.74 Å². The van der Waals surface area contributed by atoms with Crippen LogP contribution in [-0.4, -0.2) is 55.9 Å². The van der Waals surface area contributed by atoms with Crippen LogP contribution in [0.3, 0.4) is 0 Å². The van der Waals surface area contributed by atoms with E-state index >= 15 is 0 Å². The Morgan fingerprint density at radius 1 is 1.39 bits per heavy atom. The van der Waals surface area contributed by atoms with Crippen LogP contribution in [0, 0.1) is 5.92 Å². The molecular weight excluding hydrogens is 316 g/mol. The molecule has 4 rings (SSSR count). The Balaban J connectivity index is 1.29. The van der Waals surface area contributed by atoms with Crippen molar-refractivity contribution in [1.82, 2.24) is 29.2 Å². The first-order chi connectivity index (χ1) is 11.3. The van der Waals surface area contributed by atoms with E-state index in [2.05, 4.69) is 34.9 Å². The minimum atomic E-state index is 0.451. The van der Waals surface area contributed by atoms with Crippen LogP contribution in [0.25, 0.3) is 5.65 Å². The van der Waals surface area contributed by atoms with Gasteiger partial charge in [-0.2, -0.15) is 8.89 Å². The third kappa shape index (κ3) is 2.94. The van der Waals surface area contributed by atoms with Gasteiger partial charge in [0.25, 0.3) is 0 Å². The summed E-state index contributed by atoms with van der Waals surface area (Å²) in [7, 11) is 1.64. The zero-order valence-corrected chi connectivity index (χ0v) is 13.4. The number of fused-ring (bicyclic) bond motifs is 1. The minimum Gasteiger partial charge on any atom is -0.377 e. The van der Waals surface area contributed by atoms with Gasteiger partial charge < -0.3 is 15.0 Å². The summed E-state index contributed by atoms with van der Waals surface area (Å²) in [4.78, 5) is 6.60. The van der Waals surface area contributed by atoms with Crippen molar-refractivity contribution in [2.75, 3.05) is 37.0 Å². The Hall–Kier alpha value is -2.33. The van der Waals surface area contributed by atoms with Crippen LogP contribution in [-0.2, 0) is 11.3 Å². The van der Waals surface area contributed by atoms with Crippen molar-refractivity contribution in [3.8, 4) is 0 Å². The molecule has 120 valence electrons. The van der Waals surface area contributed by atoms with E-state index in [1.54, 1.807) is 18.0 Å². The predicted molar refractivity (Wildman–Crippen MR) is 85.6 cm³/mol. The molecule has 1 saturated heterocycles. The lowest BCUT2D eigenvalue weighted by Crippen LogP contribution is -2.50. The summed E-state index contributed by atoms with van der Waals surface area (Å²) in [5.74, 6) is 2.25. The van der Waals surface area contributed by atoms with Crippen molar-refractivity contribution >= 4 is 28.1 Å². The third-order valence-corrected chi connectivity index (χ3v) is 4.42. The predicted octanol–water partition coefficient (Wildman–Crippen LogP) is 0.670. The van der Waals surface area contributed by atoms with E-state index in [-0.39, 0.29) is 0 Å². The highest BCUT2D eigenvalue weighted by Gasteiger charge is 2.28. The number of hydrogen-bond donors (Lipinski definition) is 1. The summed E-state index contributed by atoms with van der Waals surface area (Å²) < 4.78 is 10.9. The second-order valence-electron chi connectivity index (χ2n) is 5.43. The topological polar surface area (TPSA) is 93.4 Å². The standard InChI is InChI=1S/C13H16N8OS/c1-22-7-10-16-13(23-19-10)14-4-9-5-20(6-9)12-3-2-11-17-15-8-21(11)18-12/h2-3,8-9H,4-7H2,1H3,(H,14,16,19). The summed E-state index contributed by atoms with van der Waals surface area (Å²) in [5.41, 5.74) is 0.760. The monoisotopic (exact) mass is 332 g/mol. The number of aromatic nitrogens is 6. The number of rotatable bonds is 6. The van der Waals surface area contributed by atoms with E-state index in [0.717, 1.165) is 42.1 Å². The van der Waals surface area contributed by atoms with Crippen LogP contribution >= 0.6 is 11.5 Å². The highest BCUT2D eigenvalue weighted by molar-refractivity contribution is 7.09. The molecule has 0 unspecified atom stereocenters. The zero-order valence-electron chi connectivity index (χ0n) is 12.6. The molecular formula is C13H16N8OS. The van der Waals surface area contributed by atoms with Crippen molar-refractivity contribution in [3.63, 3.8) is 0 Å². The molecule has 0 atom stereocenters. The Kier molecular flexibility index (Phi) is 3.75. The largest absolute Gasteiger partial charge is 0.377 e. The lowest BCUT2D eigenvalue weighted by molar-refractivity contribution is 0.179. The van der Waals surface area contributed by atoms with Crippen LogP contribution in [0.15, 0.2) is 18.5 Å². The lowest BCUT2D eigenvalue weighted by atomic mass is 10.0. The maximum atomic E-state index is 5.02. The maximum absolute atomic E-state index is 5.02. The van der Waals surface area contributed by atoms with Gasteiger partial charge in [-0.1, -0.05) is 0 Å². The average Bonchev–Trinajstić information content (AvgIpc) is 3.14. The second kappa shape index (κ2) is 6.05. The summed E-state index contributed by atoms with van der Waals surface area (Å²) in [5, 5.41) is 16.5. The number of nitrogens with one attached hydrogen (secondary N) is 1. The fraction of sp³-hybridized carbons (Fsp3) is 0.462.